The summed E-state index contributed by atoms with van der Waals surface area (Å²) in [6, 6.07) is 6.31. The molecule has 0 spiro atoms. The largest absolute Gasteiger partial charge is 0.417 e. The van der Waals surface area contributed by atoms with Crippen LogP contribution in [0, 0.1) is 0 Å². The van der Waals surface area contributed by atoms with Crippen molar-refractivity contribution in [3.8, 4) is 0 Å². The Balaban J connectivity index is 2.22. The molecule has 0 amide bonds. The highest BCUT2D eigenvalue weighted by Crippen LogP contribution is 2.36. The number of aromatic nitrogens is 3. The van der Waals surface area contributed by atoms with Crippen molar-refractivity contribution < 1.29 is 18.0 Å². The van der Waals surface area contributed by atoms with Crippen LogP contribution in [0.2, 0.25) is 5.02 Å². The van der Waals surface area contributed by atoms with Gasteiger partial charge in [0.05, 0.1) is 21.5 Å². The molecule has 2 heterocycles. The summed E-state index contributed by atoms with van der Waals surface area (Å²) in [6.45, 7) is 0. The van der Waals surface area contributed by atoms with Gasteiger partial charge in [-0.3, -0.25) is 9.89 Å². The van der Waals surface area contributed by atoms with Crippen LogP contribution in [0.4, 0.5) is 13.2 Å². The number of alkyl halides is 3. The van der Waals surface area contributed by atoms with E-state index < -0.39 is 23.1 Å². The van der Waals surface area contributed by atoms with E-state index in [4.69, 9.17) is 11.6 Å². The molecule has 0 aliphatic heterocycles. The predicted molar refractivity (Wildman–Crippen MR) is 73.8 cm³/mol. The lowest BCUT2D eigenvalue weighted by Gasteiger charge is -2.12. The van der Waals surface area contributed by atoms with Gasteiger partial charge in [0, 0.05) is 6.20 Å². The van der Waals surface area contributed by atoms with Gasteiger partial charge in [0.1, 0.15) is 5.69 Å². The Morgan fingerprint density at radius 3 is 2.68 bits per heavy atom. The van der Waals surface area contributed by atoms with Gasteiger partial charge in [-0.15, -0.1) is 0 Å². The van der Waals surface area contributed by atoms with E-state index in [-0.39, 0.29) is 16.4 Å². The van der Waals surface area contributed by atoms with Gasteiger partial charge in [0.15, 0.2) is 5.65 Å². The summed E-state index contributed by atoms with van der Waals surface area (Å²) < 4.78 is 39.3. The molecule has 0 bridgehead atoms. The average Bonchev–Trinajstić information content (AvgIpc) is 2.89. The molecule has 22 heavy (non-hydrogen) atoms. The Morgan fingerprint density at radius 1 is 1.18 bits per heavy atom. The Kier molecular flexibility index (Phi) is 3.37. The van der Waals surface area contributed by atoms with Crippen molar-refractivity contribution >= 4 is 28.4 Å². The van der Waals surface area contributed by atoms with Crippen molar-refractivity contribution in [2.24, 2.45) is 0 Å². The average molecular weight is 326 g/mol. The number of ketones is 1. The Hall–Kier alpha value is -2.41. The molecule has 1 N–H and O–H groups in total. The summed E-state index contributed by atoms with van der Waals surface area (Å²) in [6.07, 6.45) is -3.22. The number of pyridine rings is 1. The maximum Gasteiger partial charge on any atom is 0.417 e. The summed E-state index contributed by atoms with van der Waals surface area (Å²) in [5.41, 5.74) is -1.53. The van der Waals surface area contributed by atoms with Crippen LogP contribution in [0.25, 0.3) is 11.0 Å². The third-order valence-corrected chi connectivity index (χ3v) is 3.42. The molecular weight excluding hydrogens is 319 g/mol. The molecule has 0 radical (unpaired) electrons. The summed E-state index contributed by atoms with van der Waals surface area (Å²) in [7, 11) is 0. The Labute approximate surface area is 126 Å². The normalized spacial score (nSPS) is 11.8. The van der Waals surface area contributed by atoms with Gasteiger partial charge in [-0.2, -0.15) is 18.3 Å². The van der Waals surface area contributed by atoms with E-state index >= 15 is 0 Å². The first-order chi connectivity index (χ1) is 10.4. The van der Waals surface area contributed by atoms with Crippen LogP contribution in [-0.4, -0.2) is 21.0 Å². The minimum absolute atomic E-state index is 0.0818. The first-order valence-corrected chi connectivity index (χ1v) is 6.47. The van der Waals surface area contributed by atoms with Crippen LogP contribution in [0.15, 0.2) is 36.5 Å². The smallest absolute Gasteiger partial charge is 0.287 e. The number of aromatic amines is 1. The number of halogens is 4. The zero-order valence-electron chi connectivity index (χ0n) is 10.8. The first kappa shape index (κ1) is 14.5. The van der Waals surface area contributed by atoms with Crippen LogP contribution < -0.4 is 0 Å². The summed E-state index contributed by atoms with van der Waals surface area (Å²) in [4.78, 5) is 16.4. The minimum atomic E-state index is -4.69. The van der Waals surface area contributed by atoms with Crippen LogP contribution >= 0.6 is 11.6 Å². The summed E-state index contributed by atoms with van der Waals surface area (Å²) >= 11 is 5.83. The van der Waals surface area contributed by atoms with Crippen LogP contribution in [0.5, 0.6) is 0 Å². The van der Waals surface area contributed by atoms with Gasteiger partial charge in [0.2, 0.25) is 5.78 Å². The third-order valence-electron chi connectivity index (χ3n) is 3.10. The van der Waals surface area contributed by atoms with Crippen molar-refractivity contribution in [3.05, 3.63) is 58.4 Å². The van der Waals surface area contributed by atoms with Crippen molar-refractivity contribution in [2.75, 3.05) is 0 Å². The molecular formula is C14H7ClF3N3O. The summed E-state index contributed by atoms with van der Waals surface area (Å²) in [5, 5.41) is 6.30. The zero-order valence-corrected chi connectivity index (χ0v) is 11.5. The maximum atomic E-state index is 13.1. The monoisotopic (exact) mass is 325 g/mol. The molecule has 0 fully saturated rings. The number of carbonyl (C=O) groups is 1. The second kappa shape index (κ2) is 5.10. The molecule has 0 aliphatic carbocycles. The minimum Gasteiger partial charge on any atom is -0.287 e. The lowest BCUT2D eigenvalue weighted by Crippen LogP contribution is -2.15. The van der Waals surface area contributed by atoms with E-state index in [9.17, 15) is 18.0 Å². The highest BCUT2D eigenvalue weighted by atomic mass is 35.5. The highest BCUT2D eigenvalue weighted by Gasteiger charge is 2.37. The molecule has 0 saturated carbocycles. The number of nitrogens with one attached hydrogen (secondary N) is 1. The van der Waals surface area contributed by atoms with E-state index in [0.29, 0.717) is 5.39 Å². The van der Waals surface area contributed by atoms with Crippen LogP contribution in [0.1, 0.15) is 21.6 Å². The third kappa shape index (κ3) is 2.33. The number of H-pyrrole nitrogens is 1. The van der Waals surface area contributed by atoms with Crippen molar-refractivity contribution in [3.63, 3.8) is 0 Å². The van der Waals surface area contributed by atoms with E-state index in [2.05, 4.69) is 15.2 Å². The number of rotatable bonds is 2. The molecule has 3 aromatic rings. The van der Waals surface area contributed by atoms with Crippen LogP contribution in [0.3, 0.4) is 0 Å². The lowest BCUT2D eigenvalue weighted by molar-refractivity contribution is -0.137. The summed E-state index contributed by atoms with van der Waals surface area (Å²) in [5.74, 6) is -0.881. The molecule has 2 aromatic heterocycles. The van der Waals surface area contributed by atoms with Crippen LogP contribution in [-0.2, 0) is 6.18 Å². The van der Waals surface area contributed by atoms with E-state index in [1.165, 1.54) is 12.3 Å². The number of fused-ring (bicyclic) bond motifs is 1. The number of benzene rings is 1. The van der Waals surface area contributed by atoms with Gasteiger partial charge in [-0.1, -0.05) is 17.7 Å². The fraction of sp³-hybridized carbons (Fsp3) is 0.0714. The standard InChI is InChI=1S/C14H7ClF3N3O/c15-9-5-1-4-8(14(16,17)18)10(9)12(22)11-7-3-2-6-19-13(7)21-20-11/h1-6H,(H,19,20,21). The highest BCUT2D eigenvalue weighted by molar-refractivity contribution is 6.35. The molecule has 4 nitrogen and oxygen atoms in total. The van der Waals surface area contributed by atoms with Crippen molar-refractivity contribution in [1.29, 1.82) is 0 Å². The van der Waals surface area contributed by atoms with Gasteiger partial charge < -0.3 is 0 Å². The fourth-order valence-electron chi connectivity index (χ4n) is 2.14. The first-order valence-electron chi connectivity index (χ1n) is 6.09. The molecule has 0 aliphatic rings. The molecule has 0 saturated heterocycles. The molecule has 0 unspecified atom stereocenters. The van der Waals surface area contributed by atoms with Gasteiger partial charge in [-0.25, -0.2) is 4.98 Å². The van der Waals surface area contributed by atoms with Crippen molar-refractivity contribution in [2.45, 2.75) is 6.18 Å². The van der Waals surface area contributed by atoms with Crippen molar-refractivity contribution in [1.82, 2.24) is 15.2 Å². The van der Waals surface area contributed by atoms with Gasteiger partial charge in [0.25, 0.3) is 0 Å². The fourth-order valence-corrected chi connectivity index (χ4v) is 2.40. The Morgan fingerprint density at radius 2 is 1.95 bits per heavy atom. The molecule has 3 rings (SSSR count). The van der Waals surface area contributed by atoms with E-state index in [1.54, 1.807) is 12.1 Å². The van der Waals surface area contributed by atoms with E-state index in [0.717, 1.165) is 12.1 Å². The van der Waals surface area contributed by atoms with Gasteiger partial charge >= 0.3 is 6.18 Å². The number of carbonyl (C=O) groups excluding carboxylic acids is 1. The number of hydrogen-bond donors (Lipinski definition) is 1. The number of hydrogen-bond acceptors (Lipinski definition) is 3. The molecule has 1 aromatic carbocycles. The molecule has 0 atom stereocenters. The molecule has 8 heteroatoms. The predicted octanol–water partition coefficient (Wildman–Crippen LogP) is 3.86. The Bertz CT molecular complexity index is 873. The molecule has 112 valence electrons. The second-order valence-corrected chi connectivity index (χ2v) is 4.87. The quantitative estimate of drug-likeness (QED) is 0.728. The zero-order chi connectivity index (χ0) is 15.9. The SMILES string of the molecule is O=C(c1c(Cl)cccc1C(F)(F)F)c1[nH]nc2ncccc12. The topological polar surface area (TPSA) is 58.6 Å². The second-order valence-electron chi connectivity index (χ2n) is 4.46. The maximum absolute atomic E-state index is 13.1. The lowest BCUT2D eigenvalue weighted by atomic mass is 10.00. The van der Waals surface area contributed by atoms with Gasteiger partial charge in [-0.05, 0) is 24.3 Å². The van der Waals surface area contributed by atoms with E-state index in [1.807, 2.05) is 0 Å². The number of nitrogens with zero attached hydrogens (tertiary/aromatic N) is 2.